The maximum absolute atomic E-state index is 11.7. The molecule has 6 nitrogen and oxygen atoms in total. The van der Waals surface area contributed by atoms with E-state index in [0.717, 1.165) is 5.56 Å². The smallest absolute Gasteiger partial charge is 0.224 e. The lowest BCUT2D eigenvalue weighted by Crippen LogP contribution is -2.25. The Labute approximate surface area is 105 Å². The van der Waals surface area contributed by atoms with E-state index in [2.05, 4.69) is 15.4 Å². The Balaban J connectivity index is 1.83. The van der Waals surface area contributed by atoms with Gasteiger partial charge in [-0.25, -0.2) is 4.98 Å². The summed E-state index contributed by atoms with van der Waals surface area (Å²) in [6.07, 6.45) is 1.93. The van der Waals surface area contributed by atoms with E-state index in [1.807, 2.05) is 12.1 Å². The SMILES string of the molecule is Cn1cnc(CNC(=O)Cc2ccc(N)cc2)n1. The van der Waals surface area contributed by atoms with Crippen molar-refractivity contribution in [2.24, 2.45) is 7.05 Å². The molecule has 94 valence electrons. The highest BCUT2D eigenvalue weighted by atomic mass is 16.1. The first-order valence-corrected chi connectivity index (χ1v) is 5.59. The van der Waals surface area contributed by atoms with Crippen molar-refractivity contribution in [1.29, 1.82) is 0 Å². The Morgan fingerprint density at radius 1 is 1.39 bits per heavy atom. The summed E-state index contributed by atoms with van der Waals surface area (Å²) < 4.78 is 1.60. The van der Waals surface area contributed by atoms with Gasteiger partial charge >= 0.3 is 0 Å². The van der Waals surface area contributed by atoms with Crippen LogP contribution in [-0.2, 0) is 24.8 Å². The van der Waals surface area contributed by atoms with Crippen LogP contribution in [0.3, 0.4) is 0 Å². The Morgan fingerprint density at radius 3 is 2.72 bits per heavy atom. The molecule has 0 atom stereocenters. The van der Waals surface area contributed by atoms with E-state index in [9.17, 15) is 4.79 Å². The van der Waals surface area contributed by atoms with Gasteiger partial charge in [-0.2, -0.15) is 5.10 Å². The minimum atomic E-state index is -0.0628. The van der Waals surface area contributed by atoms with Crippen molar-refractivity contribution in [2.75, 3.05) is 5.73 Å². The number of hydrogen-bond acceptors (Lipinski definition) is 4. The van der Waals surface area contributed by atoms with Crippen LogP contribution in [0.1, 0.15) is 11.4 Å². The van der Waals surface area contributed by atoms with Crippen molar-refractivity contribution in [1.82, 2.24) is 20.1 Å². The van der Waals surface area contributed by atoms with E-state index in [4.69, 9.17) is 5.73 Å². The number of aromatic nitrogens is 3. The fourth-order valence-electron chi connectivity index (χ4n) is 1.53. The number of amides is 1. The monoisotopic (exact) mass is 245 g/mol. The molecule has 1 aromatic heterocycles. The van der Waals surface area contributed by atoms with Gasteiger partial charge in [-0.05, 0) is 17.7 Å². The molecule has 0 spiro atoms. The molecular weight excluding hydrogens is 230 g/mol. The van der Waals surface area contributed by atoms with Gasteiger partial charge in [0.1, 0.15) is 6.33 Å². The summed E-state index contributed by atoms with van der Waals surface area (Å²) in [4.78, 5) is 15.7. The second-order valence-electron chi connectivity index (χ2n) is 4.03. The second-order valence-corrected chi connectivity index (χ2v) is 4.03. The Hall–Kier alpha value is -2.37. The summed E-state index contributed by atoms with van der Waals surface area (Å²) in [5.41, 5.74) is 7.19. The highest BCUT2D eigenvalue weighted by Gasteiger charge is 2.05. The zero-order valence-corrected chi connectivity index (χ0v) is 10.1. The number of nitrogen functional groups attached to an aromatic ring is 1. The number of aryl methyl sites for hydroxylation is 1. The van der Waals surface area contributed by atoms with Crippen LogP contribution in [0.5, 0.6) is 0 Å². The van der Waals surface area contributed by atoms with E-state index >= 15 is 0 Å². The standard InChI is InChI=1S/C12H15N5O/c1-17-8-15-11(16-17)7-14-12(18)6-9-2-4-10(13)5-3-9/h2-5,8H,6-7,13H2,1H3,(H,14,18). The summed E-state index contributed by atoms with van der Waals surface area (Å²) in [5.74, 6) is 0.537. The van der Waals surface area contributed by atoms with Crippen molar-refractivity contribution in [3.05, 3.63) is 42.0 Å². The fourth-order valence-corrected chi connectivity index (χ4v) is 1.53. The highest BCUT2D eigenvalue weighted by Crippen LogP contribution is 2.05. The summed E-state index contributed by atoms with van der Waals surface area (Å²) in [6, 6.07) is 7.24. The van der Waals surface area contributed by atoms with Crippen molar-refractivity contribution in [3.8, 4) is 0 Å². The molecule has 2 aromatic rings. The van der Waals surface area contributed by atoms with Crippen LogP contribution in [0.25, 0.3) is 0 Å². The maximum atomic E-state index is 11.7. The van der Waals surface area contributed by atoms with Gasteiger partial charge in [0.2, 0.25) is 5.91 Å². The summed E-state index contributed by atoms with van der Waals surface area (Å²) in [7, 11) is 1.78. The Kier molecular flexibility index (Phi) is 3.57. The molecule has 0 radical (unpaired) electrons. The van der Waals surface area contributed by atoms with Gasteiger partial charge < -0.3 is 11.1 Å². The third kappa shape index (κ3) is 3.31. The van der Waals surface area contributed by atoms with E-state index in [1.54, 1.807) is 30.2 Å². The van der Waals surface area contributed by atoms with Gasteiger partial charge in [0.25, 0.3) is 0 Å². The van der Waals surface area contributed by atoms with Gasteiger partial charge in [-0.1, -0.05) is 12.1 Å². The molecule has 1 amide bonds. The van der Waals surface area contributed by atoms with Crippen molar-refractivity contribution in [2.45, 2.75) is 13.0 Å². The average molecular weight is 245 g/mol. The first kappa shape index (κ1) is 12.1. The normalized spacial score (nSPS) is 10.3. The zero-order chi connectivity index (χ0) is 13.0. The number of carbonyl (C=O) groups excluding carboxylic acids is 1. The van der Waals surface area contributed by atoms with Crippen LogP contribution >= 0.6 is 0 Å². The molecular formula is C12H15N5O. The molecule has 0 saturated carbocycles. The summed E-state index contributed by atoms with van der Waals surface area (Å²) in [5, 5.41) is 6.84. The number of benzene rings is 1. The van der Waals surface area contributed by atoms with Gasteiger partial charge in [-0.15, -0.1) is 0 Å². The molecule has 0 aliphatic carbocycles. The maximum Gasteiger partial charge on any atom is 0.224 e. The predicted molar refractivity (Wildman–Crippen MR) is 67.4 cm³/mol. The van der Waals surface area contributed by atoms with Crippen LogP contribution in [-0.4, -0.2) is 20.7 Å². The minimum absolute atomic E-state index is 0.0628. The van der Waals surface area contributed by atoms with Gasteiger partial charge in [0.05, 0.1) is 13.0 Å². The number of nitrogens with one attached hydrogen (secondary N) is 1. The van der Waals surface area contributed by atoms with Crippen LogP contribution in [0.15, 0.2) is 30.6 Å². The lowest BCUT2D eigenvalue weighted by atomic mass is 10.1. The second kappa shape index (κ2) is 5.31. The van der Waals surface area contributed by atoms with Crippen molar-refractivity contribution < 1.29 is 4.79 Å². The molecule has 0 aliphatic heterocycles. The molecule has 2 rings (SSSR count). The largest absolute Gasteiger partial charge is 0.399 e. The van der Waals surface area contributed by atoms with Gasteiger partial charge in [0.15, 0.2) is 5.82 Å². The van der Waals surface area contributed by atoms with Crippen LogP contribution in [0.4, 0.5) is 5.69 Å². The molecule has 0 aliphatic rings. The average Bonchev–Trinajstić information content (AvgIpc) is 2.76. The number of anilines is 1. The number of nitrogens with two attached hydrogens (primary N) is 1. The van der Waals surface area contributed by atoms with Crippen molar-refractivity contribution >= 4 is 11.6 Å². The zero-order valence-electron chi connectivity index (χ0n) is 10.1. The fraction of sp³-hybridized carbons (Fsp3) is 0.250. The highest BCUT2D eigenvalue weighted by molar-refractivity contribution is 5.78. The Morgan fingerprint density at radius 2 is 2.11 bits per heavy atom. The number of hydrogen-bond donors (Lipinski definition) is 2. The molecule has 1 aromatic carbocycles. The molecule has 6 heteroatoms. The van der Waals surface area contributed by atoms with Crippen LogP contribution in [0.2, 0.25) is 0 Å². The summed E-state index contributed by atoms with van der Waals surface area (Å²) in [6.45, 7) is 0.342. The first-order valence-electron chi connectivity index (χ1n) is 5.59. The van der Waals surface area contributed by atoms with E-state index < -0.39 is 0 Å². The molecule has 0 saturated heterocycles. The predicted octanol–water partition coefficient (Wildman–Crippen LogP) is 0.256. The van der Waals surface area contributed by atoms with Gasteiger partial charge in [-0.3, -0.25) is 9.48 Å². The number of nitrogens with zero attached hydrogens (tertiary/aromatic N) is 3. The number of rotatable bonds is 4. The van der Waals surface area contributed by atoms with Crippen LogP contribution in [0, 0.1) is 0 Å². The topological polar surface area (TPSA) is 85.8 Å². The molecule has 18 heavy (non-hydrogen) atoms. The van der Waals surface area contributed by atoms with E-state index in [0.29, 0.717) is 24.5 Å². The lowest BCUT2D eigenvalue weighted by molar-refractivity contribution is -0.120. The third-order valence-electron chi connectivity index (χ3n) is 2.44. The van der Waals surface area contributed by atoms with Crippen LogP contribution < -0.4 is 11.1 Å². The van der Waals surface area contributed by atoms with Crippen molar-refractivity contribution in [3.63, 3.8) is 0 Å². The quantitative estimate of drug-likeness (QED) is 0.756. The molecule has 0 fully saturated rings. The molecule has 0 bridgehead atoms. The molecule has 0 unspecified atom stereocenters. The summed E-state index contributed by atoms with van der Waals surface area (Å²) >= 11 is 0. The van der Waals surface area contributed by atoms with E-state index in [-0.39, 0.29) is 5.91 Å². The minimum Gasteiger partial charge on any atom is -0.399 e. The van der Waals surface area contributed by atoms with Gasteiger partial charge in [0, 0.05) is 12.7 Å². The number of carbonyl (C=O) groups is 1. The van der Waals surface area contributed by atoms with E-state index in [1.165, 1.54) is 0 Å². The molecule has 1 heterocycles. The molecule has 3 N–H and O–H groups in total. The third-order valence-corrected chi connectivity index (χ3v) is 2.44. The Bertz CT molecular complexity index is 532. The lowest BCUT2D eigenvalue weighted by Gasteiger charge is -2.03. The first-order chi connectivity index (χ1) is 8.63.